The molecule has 1 aromatic carbocycles. The average molecular weight is 284 g/mol. The normalized spacial score (nSPS) is 22.0. The number of hydroxylamine groups is 2. The van der Waals surface area contributed by atoms with E-state index in [2.05, 4.69) is 4.98 Å². The van der Waals surface area contributed by atoms with Crippen LogP contribution in [0.2, 0.25) is 0 Å². The Morgan fingerprint density at radius 1 is 1.24 bits per heavy atom. The van der Waals surface area contributed by atoms with Gasteiger partial charge in [-0.1, -0.05) is 24.3 Å². The lowest BCUT2D eigenvalue weighted by Gasteiger charge is -2.35. The average Bonchev–Trinajstić information content (AvgIpc) is 2.55. The number of amides is 1. The van der Waals surface area contributed by atoms with Crippen molar-refractivity contribution < 1.29 is 14.4 Å². The third kappa shape index (κ3) is 3.09. The molecule has 0 N–H and O–H groups in total. The molecule has 0 unspecified atom stereocenters. The van der Waals surface area contributed by atoms with Crippen LogP contribution in [0.1, 0.15) is 29.1 Å². The maximum Gasteiger partial charge on any atom is 0.277 e. The van der Waals surface area contributed by atoms with Crippen molar-refractivity contribution in [2.45, 2.75) is 19.3 Å². The van der Waals surface area contributed by atoms with E-state index in [1.54, 1.807) is 24.5 Å². The van der Waals surface area contributed by atoms with Crippen LogP contribution in [0.15, 0.2) is 54.9 Å². The van der Waals surface area contributed by atoms with Crippen LogP contribution in [-0.2, 0) is 9.57 Å². The number of nitrogens with zero attached hydrogens (tertiary/aromatic N) is 2. The molecule has 1 saturated heterocycles. The molecular weight excluding hydrogens is 268 g/mol. The summed E-state index contributed by atoms with van der Waals surface area (Å²) in [6.45, 7) is 2.31. The number of hydrogen-bond acceptors (Lipinski definition) is 4. The molecule has 2 atom stereocenters. The van der Waals surface area contributed by atoms with E-state index in [0.29, 0.717) is 12.1 Å². The van der Waals surface area contributed by atoms with Gasteiger partial charge in [0.15, 0.2) is 0 Å². The quantitative estimate of drug-likeness (QED) is 0.850. The van der Waals surface area contributed by atoms with Crippen LogP contribution < -0.4 is 0 Å². The summed E-state index contributed by atoms with van der Waals surface area (Å²) in [7, 11) is 0. The van der Waals surface area contributed by atoms with E-state index >= 15 is 0 Å². The first-order chi connectivity index (χ1) is 10.2. The van der Waals surface area contributed by atoms with Gasteiger partial charge in [0.25, 0.3) is 5.91 Å². The molecule has 0 saturated carbocycles. The van der Waals surface area contributed by atoms with Crippen molar-refractivity contribution in [3.05, 3.63) is 66.0 Å². The summed E-state index contributed by atoms with van der Waals surface area (Å²) in [6.07, 6.45) is 2.63. The molecule has 21 heavy (non-hydrogen) atoms. The third-order valence-corrected chi connectivity index (χ3v) is 3.21. The van der Waals surface area contributed by atoms with Crippen molar-refractivity contribution in [1.29, 1.82) is 0 Å². The first-order valence-corrected chi connectivity index (χ1v) is 6.83. The molecule has 0 spiro atoms. The highest BCUT2D eigenvalue weighted by Crippen LogP contribution is 2.27. The second-order valence-electron chi connectivity index (χ2n) is 4.90. The van der Waals surface area contributed by atoms with E-state index < -0.39 is 6.29 Å². The minimum absolute atomic E-state index is 0.114. The van der Waals surface area contributed by atoms with E-state index in [1.807, 2.05) is 37.3 Å². The minimum Gasteiger partial charge on any atom is -0.341 e. The monoisotopic (exact) mass is 284 g/mol. The van der Waals surface area contributed by atoms with Gasteiger partial charge in [0.2, 0.25) is 6.29 Å². The van der Waals surface area contributed by atoms with Crippen molar-refractivity contribution in [1.82, 2.24) is 10.0 Å². The fourth-order valence-corrected chi connectivity index (χ4v) is 2.18. The molecule has 0 aliphatic carbocycles. The van der Waals surface area contributed by atoms with Gasteiger partial charge in [0.05, 0.1) is 12.6 Å². The van der Waals surface area contributed by atoms with Crippen molar-refractivity contribution in [3.8, 4) is 0 Å². The molecule has 2 heterocycles. The highest BCUT2D eigenvalue weighted by molar-refractivity contribution is 5.93. The van der Waals surface area contributed by atoms with Gasteiger partial charge in [0.1, 0.15) is 0 Å². The zero-order valence-corrected chi connectivity index (χ0v) is 11.7. The van der Waals surface area contributed by atoms with Crippen LogP contribution in [-0.4, -0.2) is 28.6 Å². The summed E-state index contributed by atoms with van der Waals surface area (Å²) in [5.74, 6) is -0.167. The zero-order chi connectivity index (χ0) is 14.7. The van der Waals surface area contributed by atoms with Crippen molar-refractivity contribution in [2.24, 2.45) is 0 Å². The van der Waals surface area contributed by atoms with E-state index in [4.69, 9.17) is 9.57 Å². The lowest BCUT2D eigenvalue weighted by atomic mass is 10.2. The molecule has 5 nitrogen and oxygen atoms in total. The molecule has 1 aliphatic rings. The lowest BCUT2D eigenvalue weighted by molar-refractivity contribution is -0.320. The number of pyridine rings is 1. The Labute approximate surface area is 123 Å². The van der Waals surface area contributed by atoms with Crippen LogP contribution in [0.3, 0.4) is 0 Å². The van der Waals surface area contributed by atoms with E-state index in [0.717, 1.165) is 5.56 Å². The van der Waals surface area contributed by atoms with Gasteiger partial charge < -0.3 is 4.74 Å². The third-order valence-electron chi connectivity index (χ3n) is 3.21. The highest BCUT2D eigenvalue weighted by Gasteiger charge is 2.31. The molecule has 1 aliphatic heterocycles. The number of aromatic nitrogens is 1. The predicted molar refractivity (Wildman–Crippen MR) is 76.1 cm³/mol. The molecule has 1 amide bonds. The summed E-state index contributed by atoms with van der Waals surface area (Å²) < 4.78 is 5.73. The number of carbonyl (C=O) groups excluding carboxylic acids is 1. The number of ether oxygens (including phenoxy) is 1. The molecule has 2 aromatic rings. The Bertz CT molecular complexity index is 603. The van der Waals surface area contributed by atoms with Crippen molar-refractivity contribution in [3.63, 3.8) is 0 Å². The standard InChI is InChI=1S/C16H16N2O3/c1-12-11-18(15(19)13-6-3-2-4-7-13)21-16(20-12)14-8-5-9-17-10-14/h2-10,12,16H,11H2,1H3/t12-,16+/m0/s1. The molecular formula is C16H16N2O3. The number of hydrogen-bond donors (Lipinski definition) is 0. The second kappa shape index (κ2) is 6.03. The zero-order valence-electron chi connectivity index (χ0n) is 11.7. The molecule has 3 rings (SSSR count). The van der Waals surface area contributed by atoms with Crippen LogP contribution in [0.25, 0.3) is 0 Å². The first kappa shape index (κ1) is 13.7. The molecule has 0 bridgehead atoms. The lowest BCUT2D eigenvalue weighted by Crippen LogP contribution is -2.44. The van der Waals surface area contributed by atoms with Gasteiger partial charge in [-0.05, 0) is 25.1 Å². The van der Waals surface area contributed by atoms with Gasteiger partial charge in [-0.25, -0.2) is 9.90 Å². The van der Waals surface area contributed by atoms with Gasteiger partial charge in [-0.3, -0.25) is 9.78 Å². The van der Waals surface area contributed by atoms with Gasteiger partial charge in [0, 0.05) is 23.5 Å². The SMILES string of the molecule is C[C@H]1CN(C(=O)c2ccccc2)O[C@H](c2cccnc2)O1. The highest BCUT2D eigenvalue weighted by atomic mass is 16.8. The van der Waals surface area contributed by atoms with Crippen LogP contribution in [0, 0.1) is 0 Å². The number of carbonyl (C=O) groups is 1. The summed E-state index contributed by atoms with van der Waals surface area (Å²) in [4.78, 5) is 22.2. The molecule has 1 fully saturated rings. The molecule has 108 valence electrons. The molecule has 5 heteroatoms. The Morgan fingerprint density at radius 2 is 2.05 bits per heavy atom. The van der Waals surface area contributed by atoms with E-state index in [-0.39, 0.29) is 12.0 Å². The number of benzene rings is 1. The maximum atomic E-state index is 12.5. The van der Waals surface area contributed by atoms with Crippen molar-refractivity contribution in [2.75, 3.05) is 6.54 Å². The Balaban J connectivity index is 1.79. The number of rotatable bonds is 2. The molecule has 0 radical (unpaired) electrons. The maximum absolute atomic E-state index is 12.5. The Kier molecular flexibility index (Phi) is 3.94. The molecule has 1 aromatic heterocycles. The fourth-order valence-electron chi connectivity index (χ4n) is 2.18. The summed E-state index contributed by atoms with van der Waals surface area (Å²) in [5.41, 5.74) is 1.38. The first-order valence-electron chi connectivity index (χ1n) is 6.83. The van der Waals surface area contributed by atoms with E-state index in [9.17, 15) is 4.79 Å². The smallest absolute Gasteiger partial charge is 0.277 e. The minimum atomic E-state index is -0.616. The topological polar surface area (TPSA) is 51.7 Å². The Hall–Kier alpha value is -2.24. The predicted octanol–water partition coefficient (Wildman–Crippen LogP) is 2.57. The summed E-state index contributed by atoms with van der Waals surface area (Å²) in [5, 5.41) is 1.36. The van der Waals surface area contributed by atoms with E-state index in [1.165, 1.54) is 5.06 Å². The van der Waals surface area contributed by atoms with Crippen LogP contribution in [0.4, 0.5) is 0 Å². The van der Waals surface area contributed by atoms with Gasteiger partial charge in [-0.2, -0.15) is 0 Å². The second-order valence-corrected chi connectivity index (χ2v) is 4.90. The van der Waals surface area contributed by atoms with Crippen molar-refractivity contribution >= 4 is 5.91 Å². The summed E-state index contributed by atoms with van der Waals surface area (Å²) >= 11 is 0. The van der Waals surface area contributed by atoms with Gasteiger partial charge in [-0.15, -0.1) is 0 Å². The largest absolute Gasteiger partial charge is 0.341 e. The van der Waals surface area contributed by atoms with Crippen LogP contribution in [0.5, 0.6) is 0 Å². The fraction of sp³-hybridized carbons (Fsp3) is 0.250. The van der Waals surface area contributed by atoms with Crippen LogP contribution >= 0.6 is 0 Å². The Morgan fingerprint density at radius 3 is 2.76 bits per heavy atom. The van der Waals surface area contributed by atoms with Gasteiger partial charge >= 0.3 is 0 Å². The summed E-state index contributed by atoms with van der Waals surface area (Å²) in [6, 6.07) is 12.7.